The van der Waals surface area contributed by atoms with Crippen molar-refractivity contribution in [3.63, 3.8) is 0 Å². The van der Waals surface area contributed by atoms with Gasteiger partial charge in [-0.2, -0.15) is 0 Å². The zero-order valence-electron chi connectivity index (χ0n) is 11.1. The van der Waals surface area contributed by atoms with Gasteiger partial charge in [-0.1, -0.05) is 0 Å². The number of hydrogen-bond donors (Lipinski definition) is 2. The average Bonchev–Trinajstić information content (AvgIpc) is 2.94. The molecule has 0 aromatic rings. The molecule has 2 aliphatic rings. The molecule has 0 radical (unpaired) electrons. The number of ether oxygens (including phenoxy) is 1. The summed E-state index contributed by atoms with van der Waals surface area (Å²) in [5.74, 6) is -1.74. The van der Waals surface area contributed by atoms with Crippen LogP contribution < -0.4 is 5.32 Å². The highest BCUT2D eigenvalue weighted by Gasteiger charge is 2.38. The van der Waals surface area contributed by atoms with Crippen LogP contribution in [0.5, 0.6) is 0 Å². The van der Waals surface area contributed by atoms with Gasteiger partial charge in [0, 0.05) is 13.1 Å². The molecule has 2 amide bonds. The standard InChI is InChI=1S/C11H18N2O6S/c1-13(7-2-3-20(17,18)6-7)11(16)12-9-5-19-4-8(9)10(14)15/h7-9H,2-6H2,1H3,(H,12,16)(H,14,15). The summed E-state index contributed by atoms with van der Waals surface area (Å²) < 4.78 is 27.9. The van der Waals surface area contributed by atoms with Crippen molar-refractivity contribution in [2.24, 2.45) is 5.92 Å². The van der Waals surface area contributed by atoms with Crippen LogP contribution in [-0.4, -0.2) is 74.3 Å². The Balaban J connectivity index is 1.93. The highest BCUT2D eigenvalue weighted by molar-refractivity contribution is 7.91. The van der Waals surface area contributed by atoms with Crippen LogP contribution in [0, 0.1) is 5.92 Å². The van der Waals surface area contributed by atoms with Crippen molar-refractivity contribution < 1.29 is 27.9 Å². The lowest BCUT2D eigenvalue weighted by Crippen LogP contribution is -2.50. The lowest BCUT2D eigenvalue weighted by atomic mass is 10.0. The maximum atomic E-state index is 12.0. The van der Waals surface area contributed by atoms with Crippen molar-refractivity contribution in [1.29, 1.82) is 0 Å². The van der Waals surface area contributed by atoms with E-state index in [2.05, 4.69) is 5.32 Å². The van der Waals surface area contributed by atoms with E-state index < -0.39 is 33.8 Å². The van der Waals surface area contributed by atoms with E-state index >= 15 is 0 Å². The number of nitrogens with one attached hydrogen (secondary N) is 1. The second-order valence-corrected chi connectivity index (χ2v) is 7.43. The predicted molar refractivity (Wildman–Crippen MR) is 69.1 cm³/mol. The first-order valence-corrected chi connectivity index (χ1v) is 8.16. The largest absolute Gasteiger partial charge is 0.481 e. The summed E-state index contributed by atoms with van der Waals surface area (Å²) in [6, 6.07) is -1.40. The number of carboxylic acids is 1. The minimum Gasteiger partial charge on any atom is -0.481 e. The zero-order valence-corrected chi connectivity index (χ0v) is 11.9. The van der Waals surface area contributed by atoms with Crippen molar-refractivity contribution in [2.45, 2.75) is 18.5 Å². The monoisotopic (exact) mass is 306 g/mol. The highest BCUT2D eigenvalue weighted by atomic mass is 32.2. The number of amides is 2. The van der Waals surface area contributed by atoms with Gasteiger partial charge in [-0.3, -0.25) is 4.79 Å². The maximum Gasteiger partial charge on any atom is 0.317 e. The second-order valence-electron chi connectivity index (χ2n) is 5.21. The first-order valence-electron chi connectivity index (χ1n) is 6.34. The minimum atomic E-state index is -3.07. The van der Waals surface area contributed by atoms with Gasteiger partial charge in [-0.05, 0) is 6.42 Å². The molecule has 2 aliphatic heterocycles. The maximum absolute atomic E-state index is 12.0. The molecule has 0 saturated carbocycles. The number of aliphatic carboxylic acids is 1. The van der Waals surface area contributed by atoms with Gasteiger partial charge in [0.25, 0.3) is 0 Å². The van der Waals surface area contributed by atoms with E-state index in [-0.39, 0.29) is 30.8 Å². The summed E-state index contributed by atoms with van der Waals surface area (Å²) in [5.41, 5.74) is 0. The lowest BCUT2D eigenvalue weighted by molar-refractivity contribution is -0.142. The fraction of sp³-hybridized carbons (Fsp3) is 0.818. The van der Waals surface area contributed by atoms with E-state index in [1.54, 1.807) is 0 Å². The molecule has 0 aromatic carbocycles. The normalized spacial score (nSPS) is 31.9. The molecule has 0 spiro atoms. The Labute approximate surface area is 117 Å². The van der Waals surface area contributed by atoms with Gasteiger partial charge in [-0.25, -0.2) is 13.2 Å². The van der Waals surface area contributed by atoms with Crippen molar-refractivity contribution in [3.8, 4) is 0 Å². The smallest absolute Gasteiger partial charge is 0.317 e. The summed E-state index contributed by atoms with van der Waals surface area (Å²) >= 11 is 0. The fourth-order valence-corrected chi connectivity index (χ4v) is 4.22. The first-order chi connectivity index (χ1) is 9.30. The van der Waals surface area contributed by atoms with E-state index in [1.165, 1.54) is 11.9 Å². The minimum absolute atomic E-state index is 0.0412. The van der Waals surface area contributed by atoms with Crippen LogP contribution in [0.3, 0.4) is 0 Å². The number of rotatable bonds is 3. The van der Waals surface area contributed by atoms with Gasteiger partial charge in [0.1, 0.15) is 5.92 Å². The van der Waals surface area contributed by atoms with E-state index in [1.807, 2.05) is 0 Å². The fourth-order valence-electron chi connectivity index (χ4n) is 2.45. The third kappa shape index (κ3) is 3.21. The van der Waals surface area contributed by atoms with Crippen LogP contribution in [0.15, 0.2) is 0 Å². The Morgan fingerprint density at radius 2 is 2.05 bits per heavy atom. The molecule has 2 saturated heterocycles. The molecule has 0 aliphatic carbocycles. The summed E-state index contributed by atoms with van der Waals surface area (Å²) in [4.78, 5) is 24.4. The van der Waals surface area contributed by atoms with Gasteiger partial charge < -0.3 is 20.1 Å². The number of nitrogens with zero attached hydrogens (tertiary/aromatic N) is 1. The quantitative estimate of drug-likeness (QED) is 0.685. The topological polar surface area (TPSA) is 113 Å². The van der Waals surface area contributed by atoms with Crippen molar-refractivity contribution in [2.75, 3.05) is 31.8 Å². The lowest BCUT2D eigenvalue weighted by Gasteiger charge is -2.26. The number of carbonyl (C=O) groups excluding carboxylic acids is 1. The van der Waals surface area contributed by atoms with Crippen LogP contribution in [0.2, 0.25) is 0 Å². The molecule has 0 bridgehead atoms. The van der Waals surface area contributed by atoms with Crippen molar-refractivity contribution in [3.05, 3.63) is 0 Å². The van der Waals surface area contributed by atoms with E-state index in [0.717, 1.165) is 0 Å². The molecule has 20 heavy (non-hydrogen) atoms. The highest BCUT2D eigenvalue weighted by Crippen LogP contribution is 2.18. The van der Waals surface area contributed by atoms with Crippen LogP contribution in [0.1, 0.15) is 6.42 Å². The molecule has 2 fully saturated rings. The average molecular weight is 306 g/mol. The van der Waals surface area contributed by atoms with E-state index in [9.17, 15) is 18.0 Å². The van der Waals surface area contributed by atoms with Crippen LogP contribution in [-0.2, 0) is 19.4 Å². The summed E-state index contributed by atoms with van der Waals surface area (Å²) in [6.45, 7) is 0.224. The molecule has 9 heteroatoms. The SMILES string of the molecule is CN(C(=O)NC1COCC1C(=O)O)C1CCS(=O)(=O)C1. The van der Waals surface area contributed by atoms with Gasteiger partial charge in [0.05, 0.1) is 30.8 Å². The number of hydrogen-bond acceptors (Lipinski definition) is 5. The van der Waals surface area contributed by atoms with E-state index in [0.29, 0.717) is 6.42 Å². The molecule has 2 heterocycles. The zero-order chi connectivity index (χ0) is 14.9. The Hall–Kier alpha value is -1.35. The Morgan fingerprint density at radius 3 is 2.60 bits per heavy atom. The third-order valence-corrected chi connectivity index (χ3v) is 5.53. The molecular weight excluding hydrogens is 288 g/mol. The summed E-state index contributed by atoms with van der Waals surface area (Å²) in [6.07, 6.45) is 0.412. The number of carbonyl (C=O) groups is 2. The molecular formula is C11H18N2O6S. The van der Waals surface area contributed by atoms with Gasteiger partial charge in [0.15, 0.2) is 9.84 Å². The second kappa shape index (κ2) is 5.57. The first kappa shape index (κ1) is 15.0. The van der Waals surface area contributed by atoms with Crippen molar-refractivity contribution in [1.82, 2.24) is 10.2 Å². The predicted octanol–water partition coefficient (Wildman–Crippen LogP) is -1.09. The Morgan fingerprint density at radius 1 is 1.35 bits per heavy atom. The molecule has 114 valence electrons. The molecule has 0 aromatic heterocycles. The van der Waals surface area contributed by atoms with E-state index in [4.69, 9.17) is 9.84 Å². The number of urea groups is 1. The van der Waals surface area contributed by atoms with Crippen LogP contribution in [0.4, 0.5) is 4.79 Å². The molecule has 2 rings (SSSR count). The Bertz CT molecular complexity index is 505. The van der Waals surface area contributed by atoms with Gasteiger partial charge in [-0.15, -0.1) is 0 Å². The van der Waals surface area contributed by atoms with Crippen molar-refractivity contribution >= 4 is 21.8 Å². The molecule has 8 nitrogen and oxygen atoms in total. The number of sulfone groups is 1. The Kier molecular flexibility index (Phi) is 4.19. The molecule has 3 unspecified atom stereocenters. The van der Waals surface area contributed by atoms with Gasteiger partial charge >= 0.3 is 12.0 Å². The third-order valence-electron chi connectivity index (χ3n) is 3.78. The van der Waals surface area contributed by atoms with Crippen LogP contribution >= 0.6 is 0 Å². The number of carboxylic acid groups (broad SMARTS) is 1. The van der Waals surface area contributed by atoms with Gasteiger partial charge in [0.2, 0.25) is 0 Å². The molecule has 2 N–H and O–H groups in total. The molecule has 3 atom stereocenters. The van der Waals surface area contributed by atoms with Crippen LogP contribution in [0.25, 0.3) is 0 Å². The summed E-state index contributed by atoms with van der Waals surface area (Å²) in [7, 11) is -1.55. The summed E-state index contributed by atoms with van der Waals surface area (Å²) in [5, 5.41) is 11.6.